The van der Waals surface area contributed by atoms with Crippen LogP contribution in [0.1, 0.15) is 80.3 Å². The number of piperazine rings is 1. The molecule has 8 atom stereocenters. The Balaban J connectivity index is 1.17. The standard InChI is InChI=1S/C43H59ClN4O7S2/c1-29-7-5-17-43(54-3,27-46-19-20-47-18-15-36(56(4,50)51)23-35(47)25-46)38-12-9-33(38)24-48-26-42(16-6-8-31-21-34(44)11-13-37(31)42)28-55-40-14-10-32(22-39(40)48)41(49)45-57(52,53)30(29)2/h5,10-11,13-14,17,21-22,29-30,33,35-36,38H,6-9,12,15-16,18-20,23-28H2,1-4H3,(H,45,49)/b17-5+/t29-,30+,33-,35+,36?,38+,42-,43-/m0/s1. The summed E-state index contributed by atoms with van der Waals surface area (Å²) in [7, 11) is -5.32. The molecule has 57 heavy (non-hydrogen) atoms. The number of amides is 1. The van der Waals surface area contributed by atoms with Gasteiger partial charge < -0.3 is 14.4 Å². The van der Waals surface area contributed by atoms with Gasteiger partial charge in [-0.3, -0.25) is 14.6 Å². The van der Waals surface area contributed by atoms with Gasteiger partial charge in [-0.1, -0.05) is 36.7 Å². The lowest BCUT2D eigenvalue weighted by Gasteiger charge is -2.53. The SMILES string of the molecule is CO[C@]1(CN2CCN3CCC(S(C)(=O)=O)C[C@@H]3C2)/C=C/C[C@H](C)[C@@H](C)S(=O)(=O)NC(=O)c2ccc3c(c2)N(C[C@@H]2CC[C@H]21)C[C@@]1(CCCc2cc(Cl)ccc21)CO3. The summed E-state index contributed by atoms with van der Waals surface area (Å²) < 4.78 is 68.4. The van der Waals surface area contributed by atoms with Gasteiger partial charge in [-0.15, -0.1) is 0 Å². The number of piperidine rings is 1. The van der Waals surface area contributed by atoms with Crippen LogP contribution in [0.3, 0.4) is 0 Å². The lowest BCUT2D eigenvalue weighted by atomic mass is 9.63. The molecule has 2 saturated heterocycles. The maximum atomic E-state index is 13.7. The summed E-state index contributed by atoms with van der Waals surface area (Å²) in [5.74, 6) is 0.200. The van der Waals surface area contributed by atoms with Crippen molar-refractivity contribution in [1.82, 2.24) is 14.5 Å². The summed E-state index contributed by atoms with van der Waals surface area (Å²) >= 11 is 6.51. The molecule has 11 nitrogen and oxygen atoms in total. The van der Waals surface area contributed by atoms with Crippen molar-refractivity contribution in [3.63, 3.8) is 0 Å². The summed E-state index contributed by atoms with van der Waals surface area (Å²) in [6.45, 7) is 9.44. The number of allylic oxidation sites excluding steroid dienone is 1. The molecule has 14 heteroatoms. The average molecular weight is 844 g/mol. The van der Waals surface area contributed by atoms with Gasteiger partial charge in [-0.2, -0.15) is 0 Å². The summed E-state index contributed by atoms with van der Waals surface area (Å²) in [5.41, 5.74) is 2.62. The lowest BCUT2D eigenvalue weighted by molar-refractivity contribution is -0.1000. The Hall–Kier alpha value is -2.68. The van der Waals surface area contributed by atoms with Crippen LogP contribution in [0.4, 0.5) is 5.69 Å². The molecule has 4 heterocycles. The minimum Gasteiger partial charge on any atom is -0.490 e. The number of methoxy groups -OCH3 is 1. The number of hydrogen-bond donors (Lipinski definition) is 1. The van der Waals surface area contributed by atoms with Crippen LogP contribution in [0, 0.1) is 17.8 Å². The smallest absolute Gasteiger partial charge is 0.264 e. The third kappa shape index (κ3) is 8.02. The number of nitrogens with one attached hydrogen (secondary N) is 1. The van der Waals surface area contributed by atoms with Gasteiger partial charge in [0.05, 0.1) is 22.8 Å². The molecule has 312 valence electrons. The van der Waals surface area contributed by atoms with Crippen molar-refractivity contribution in [2.24, 2.45) is 17.8 Å². The average Bonchev–Trinajstić information content (AvgIpc) is 3.31. The predicted molar refractivity (Wildman–Crippen MR) is 225 cm³/mol. The van der Waals surface area contributed by atoms with E-state index in [1.165, 1.54) is 17.4 Å². The molecule has 0 aromatic heterocycles. The van der Waals surface area contributed by atoms with E-state index in [1.54, 1.807) is 20.1 Å². The zero-order valence-electron chi connectivity index (χ0n) is 33.8. The molecule has 1 saturated carbocycles. The maximum Gasteiger partial charge on any atom is 0.264 e. The number of sulfone groups is 1. The number of fused-ring (bicyclic) bond motifs is 5. The van der Waals surface area contributed by atoms with Gasteiger partial charge >= 0.3 is 0 Å². The Bertz CT molecular complexity index is 2120. The van der Waals surface area contributed by atoms with Gasteiger partial charge in [-0.25, -0.2) is 21.6 Å². The Kier molecular flexibility index (Phi) is 11.3. The van der Waals surface area contributed by atoms with E-state index >= 15 is 0 Å². The number of carbonyl (C=O) groups is 1. The number of halogens is 1. The number of benzene rings is 2. The van der Waals surface area contributed by atoms with Gasteiger partial charge in [0.1, 0.15) is 21.2 Å². The first-order chi connectivity index (χ1) is 27.1. The molecule has 2 aromatic rings. The molecule has 1 N–H and O–H groups in total. The first kappa shape index (κ1) is 41.1. The van der Waals surface area contributed by atoms with E-state index in [9.17, 15) is 21.6 Å². The molecule has 1 amide bonds. The Morgan fingerprint density at radius 3 is 2.63 bits per heavy atom. The highest BCUT2D eigenvalue weighted by atomic mass is 35.5. The molecular formula is C43H59ClN4O7S2. The van der Waals surface area contributed by atoms with Crippen LogP contribution < -0.4 is 14.4 Å². The fourth-order valence-corrected chi connectivity index (χ4v) is 13.5. The van der Waals surface area contributed by atoms with Crippen molar-refractivity contribution in [2.45, 2.75) is 92.8 Å². The van der Waals surface area contributed by atoms with Crippen LogP contribution in [0.5, 0.6) is 5.75 Å². The molecule has 4 aliphatic heterocycles. The van der Waals surface area contributed by atoms with E-state index in [-0.39, 0.29) is 40.0 Å². The van der Waals surface area contributed by atoms with Crippen molar-refractivity contribution < 1.29 is 31.1 Å². The van der Waals surface area contributed by atoms with E-state index in [4.69, 9.17) is 21.1 Å². The predicted octanol–water partition coefficient (Wildman–Crippen LogP) is 5.46. The zero-order chi connectivity index (χ0) is 40.3. The van der Waals surface area contributed by atoms with E-state index in [2.05, 4.69) is 43.7 Å². The van der Waals surface area contributed by atoms with Crippen LogP contribution in [0.25, 0.3) is 0 Å². The fourth-order valence-electron chi connectivity index (χ4n) is 10.9. The van der Waals surface area contributed by atoms with Gasteiger partial charge in [0.2, 0.25) is 10.0 Å². The van der Waals surface area contributed by atoms with Gasteiger partial charge in [0.15, 0.2) is 0 Å². The summed E-state index contributed by atoms with van der Waals surface area (Å²) in [6.07, 6.45) is 12.4. The highest BCUT2D eigenvalue weighted by molar-refractivity contribution is 7.91. The normalized spacial score (nSPS) is 35.4. The number of sulfonamides is 1. The third-order valence-electron chi connectivity index (χ3n) is 14.7. The molecule has 1 unspecified atom stereocenters. The number of carbonyl (C=O) groups excluding carboxylic acids is 1. The molecule has 0 radical (unpaired) electrons. The number of nitrogens with zero attached hydrogens (tertiary/aromatic N) is 3. The molecule has 3 fully saturated rings. The quantitative estimate of drug-likeness (QED) is 0.397. The molecule has 2 aliphatic carbocycles. The molecular weight excluding hydrogens is 784 g/mol. The first-order valence-electron chi connectivity index (χ1n) is 20.8. The van der Waals surface area contributed by atoms with Crippen molar-refractivity contribution in [3.05, 3.63) is 70.3 Å². The van der Waals surface area contributed by atoms with Gasteiger partial charge in [0, 0.05) is 74.7 Å². The Morgan fingerprint density at radius 1 is 1.05 bits per heavy atom. The molecule has 8 rings (SSSR count). The summed E-state index contributed by atoms with van der Waals surface area (Å²) in [4.78, 5) is 21.0. The van der Waals surface area contributed by atoms with E-state index in [0.717, 1.165) is 69.0 Å². The first-order valence-corrected chi connectivity index (χ1v) is 24.7. The van der Waals surface area contributed by atoms with Crippen LogP contribution >= 0.6 is 11.6 Å². The third-order valence-corrected chi connectivity index (χ3v) is 18.4. The largest absolute Gasteiger partial charge is 0.490 e. The van der Waals surface area contributed by atoms with Crippen LogP contribution in [-0.2, 0) is 36.4 Å². The van der Waals surface area contributed by atoms with Crippen LogP contribution in [0.2, 0.25) is 5.02 Å². The summed E-state index contributed by atoms with van der Waals surface area (Å²) in [6, 6.07) is 11.7. The Morgan fingerprint density at radius 2 is 1.88 bits per heavy atom. The van der Waals surface area contributed by atoms with Gasteiger partial charge in [0.25, 0.3) is 5.91 Å². The number of anilines is 1. The number of ether oxygens (including phenoxy) is 2. The lowest BCUT2D eigenvalue weighted by Crippen LogP contribution is -2.62. The zero-order valence-corrected chi connectivity index (χ0v) is 36.2. The van der Waals surface area contributed by atoms with E-state index in [0.29, 0.717) is 51.3 Å². The molecule has 2 aromatic carbocycles. The van der Waals surface area contributed by atoms with E-state index in [1.807, 2.05) is 25.1 Å². The number of aryl methyl sites for hydroxylation is 1. The van der Waals surface area contributed by atoms with Crippen molar-refractivity contribution >= 4 is 43.1 Å². The topological polar surface area (TPSA) is 126 Å². The molecule has 1 spiro atoms. The number of hydrogen-bond acceptors (Lipinski definition) is 10. The fraction of sp³-hybridized carbons (Fsp3) is 0.651. The monoisotopic (exact) mass is 842 g/mol. The minimum absolute atomic E-state index is 0.169. The second kappa shape index (κ2) is 15.7. The number of rotatable bonds is 4. The van der Waals surface area contributed by atoms with Gasteiger partial charge in [-0.05, 0) is 124 Å². The van der Waals surface area contributed by atoms with Crippen LogP contribution in [0.15, 0.2) is 48.6 Å². The highest BCUT2D eigenvalue weighted by Gasteiger charge is 2.50. The van der Waals surface area contributed by atoms with Crippen molar-refractivity contribution in [1.29, 1.82) is 0 Å². The molecule has 2 bridgehead atoms. The Labute approximate surface area is 344 Å². The van der Waals surface area contributed by atoms with Crippen molar-refractivity contribution in [3.8, 4) is 5.75 Å². The van der Waals surface area contributed by atoms with Crippen molar-refractivity contribution in [2.75, 3.05) is 70.7 Å². The van der Waals surface area contributed by atoms with E-state index < -0.39 is 36.6 Å². The second-order valence-corrected chi connectivity index (χ2v) is 22.9. The maximum absolute atomic E-state index is 13.7. The summed E-state index contributed by atoms with van der Waals surface area (Å²) in [5, 5.41) is -0.408. The second-order valence-electron chi connectivity index (χ2n) is 18.1. The highest BCUT2D eigenvalue weighted by Crippen LogP contribution is 2.49. The minimum atomic E-state index is -4.00. The molecule has 6 aliphatic rings. The van der Waals surface area contributed by atoms with Crippen LogP contribution in [-0.4, -0.2) is 120 Å².